The number of fused-ring (bicyclic) bond motifs is 6. The number of likely N-dealkylation sites (tertiary alicyclic amines) is 1. The molecular formula is C80H94Cl3N15O3. The lowest BCUT2D eigenvalue weighted by Crippen LogP contribution is -2.52. The van der Waals surface area contributed by atoms with Gasteiger partial charge in [-0.25, -0.2) is 24.5 Å². The molecule has 0 spiro atoms. The molecule has 3 saturated heterocycles. The number of aryl methyl sites for hydroxylation is 9. The van der Waals surface area contributed by atoms with E-state index >= 15 is 0 Å². The second-order valence-electron chi connectivity index (χ2n) is 27.4. The number of unbranched alkanes of at least 4 members (excludes halogenated alkanes) is 5. The van der Waals surface area contributed by atoms with Gasteiger partial charge in [0.25, 0.3) is 0 Å². The summed E-state index contributed by atoms with van der Waals surface area (Å²) < 4.78 is 5.54. The number of aromatic amines is 3. The van der Waals surface area contributed by atoms with Gasteiger partial charge in [-0.05, 0) is 220 Å². The van der Waals surface area contributed by atoms with E-state index in [1.807, 2.05) is 77.3 Å². The van der Waals surface area contributed by atoms with Gasteiger partial charge in [0.15, 0.2) is 0 Å². The van der Waals surface area contributed by atoms with Crippen molar-refractivity contribution in [2.24, 2.45) is 0 Å². The molecule has 4 N–H and O–H groups in total. The normalized spacial score (nSPS) is 17.6. The van der Waals surface area contributed by atoms with Gasteiger partial charge in [0.2, 0.25) is 0 Å². The van der Waals surface area contributed by atoms with Crippen molar-refractivity contribution >= 4 is 52.5 Å². The maximum atomic E-state index is 12.7. The van der Waals surface area contributed by atoms with E-state index < -0.39 is 0 Å². The lowest BCUT2D eigenvalue weighted by Gasteiger charge is -2.39. The van der Waals surface area contributed by atoms with E-state index in [4.69, 9.17) is 54.5 Å². The smallest absolute Gasteiger partial charge is 0.409 e. The standard InChI is InChI=1S/C28H33ClN4.C26H31ClN6O.C26H30ClN5O2/c29-24-10-11-26-23(18-24)9-8-22-6-5-14-31-28(22)27(26)21-12-16-33(17-13-21)15-4-2-1-3-7-25-19-30-20-32-25;27-21-8-9-23-20(16-21)7-6-19-4-3-11-29-24(19)25(23)32-12-14-33(15-13-32)26(34)30-10-2-1-5-22-17-28-18-31-22;27-21-8-9-23-20(16-21)7-6-19-4-3-10-29-24(19)25(23)31-11-13-32(14-12-31)26(33)34-15-2-1-5-22-17-28-18-30-22/h5-6,10-11,14,18-20H,1-4,7-9,12-13,15-17H2,(H,30,32);3-4,8-9,11,16-18,25H,1-2,5-7,10,12-15H2,(H,28,31)(H,30,34);3-4,8-10,16-18,25H,1-2,5-7,11-15H2,(H,28,30). The van der Waals surface area contributed by atoms with Crippen molar-refractivity contribution in [1.29, 1.82) is 0 Å². The van der Waals surface area contributed by atoms with Crippen LogP contribution in [0, 0.1) is 0 Å². The number of carbonyl (C=O) groups is 2. The number of benzene rings is 3. The molecule has 528 valence electrons. The molecule has 0 radical (unpaired) electrons. The Morgan fingerprint density at radius 2 is 0.950 bits per heavy atom. The minimum atomic E-state index is -0.215. The van der Waals surface area contributed by atoms with Crippen LogP contribution < -0.4 is 5.32 Å². The average molecular weight is 1420 g/mol. The number of nitrogens with zero attached hydrogens (tertiary/aromatic N) is 11. The van der Waals surface area contributed by atoms with Crippen molar-refractivity contribution < 1.29 is 14.3 Å². The van der Waals surface area contributed by atoms with Gasteiger partial charge in [0.1, 0.15) is 0 Å². The highest BCUT2D eigenvalue weighted by Crippen LogP contribution is 2.41. The Morgan fingerprint density at radius 1 is 0.475 bits per heavy atom. The predicted octanol–water partition coefficient (Wildman–Crippen LogP) is 14.7. The van der Waals surface area contributed by atoms with Crippen LogP contribution in [0.3, 0.4) is 0 Å². The number of piperazine rings is 2. The molecule has 21 heteroatoms. The van der Waals surface area contributed by atoms with Gasteiger partial charge in [-0.15, -0.1) is 0 Å². The second-order valence-corrected chi connectivity index (χ2v) is 28.7. The van der Waals surface area contributed by atoms with E-state index in [2.05, 4.69) is 111 Å². The van der Waals surface area contributed by atoms with E-state index in [-0.39, 0.29) is 24.2 Å². The van der Waals surface area contributed by atoms with Crippen molar-refractivity contribution in [2.45, 2.75) is 134 Å². The zero-order valence-corrected chi connectivity index (χ0v) is 60.2. The maximum Gasteiger partial charge on any atom is 0.409 e. The Hall–Kier alpha value is -8.23. The van der Waals surface area contributed by atoms with Gasteiger partial charge in [0, 0.05) is 147 Å². The van der Waals surface area contributed by atoms with Gasteiger partial charge in [-0.1, -0.05) is 89.6 Å². The topological polar surface area (TPSA) is 196 Å². The number of nitrogens with one attached hydrogen (secondary N) is 4. The molecule has 2 unspecified atom stereocenters. The van der Waals surface area contributed by atoms with E-state index in [1.165, 1.54) is 99.3 Å². The molecule has 18 nitrogen and oxygen atoms in total. The van der Waals surface area contributed by atoms with Crippen molar-refractivity contribution in [3.63, 3.8) is 0 Å². The van der Waals surface area contributed by atoms with E-state index in [0.29, 0.717) is 39.3 Å². The van der Waals surface area contributed by atoms with Gasteiger partial charge in [0.05, 0.1) is 54.8 Å². The number of hydrogen-bond acceptors (Lipinski definition) is 12. The molecule has 6 aromatic heterocycles. The summed E-state index contributed by atoms with van der Waals surface area (Å²) in [6.45, 7) is 10.6. The molecule has 0 bridgehead atoms. The maximum absolute atomic E-state index is 12.7. The molecule has 2 atom stereocenters. The zero-order chi connectivity index (χ0) is 69.1. The summed E-state index contributed by atoms with van der Waals surface area (Å²) in [7, 11) is 0. The largest absolute Gasteiger partial charge is 0.449 e. The molecule has 3 aromatic carbocycles. The van der Waals surface area contributed by atoms with Gasteiger partial charge in [-0.3, -0.25) is 24.8 Å². The van der Waals surface area contributed by atoms with Crippen molar-refractivity contribution in [3.05, 3.63) is 252 Å². The van der Waals surface area contributed by atoms with Crippen molar-refractivity contribution in [3.8, 4) is 0 Å². The Labute approximate surface area is 609 Å². The first kappa shape index (κ1) is 71.2. The third kappa shape index (κ3) is 18.7. The van der Waals surface area contributed by atoms with Crippen molar-refractivity contribution in [2.75, 3.05) is 85.1 Å². The predicted molar refractivity (Wildman–Crippen MR) is 400 cm³/mol. The van der Waals surface area contributed by atoms with Crippen LogP contribution >= 0.6 is 34.8 Å². The summed E-state index contributed by atoms with van der Waals surface area (Å²) in [6, 6.07) is 31.8. The summed E-state index contributed by atoms with van der Waals surface area (Å²) in [5, 5.41) is 5.47. The number of piperidine rings is 1. The van der Waals surface area contributed by atoms with Crippen LogP contribution in [0.1, 0.15) is 161 Å². The number of urea groups is 1. The highest BCUT2D eigenvalue weighted by molar-refractivity contribution is 6.31. The quantitative estimate of drug-likeness (QED) is 0.0560. The number of amides is 3. The number of pyridine rings is 3. The Balaban J connectivity index is 0.000000135. The lowest BCUT2D eigenvalue weighted by molar-refractivity contribution is 0.0672. The second kappa shape index (κ2) is 35.6. The third-order valence-corrected chi connectivity index (χ3v) is 21.6. The summed E-state index contributed by atoms with van der Waals surface area (Å²) in [5.74, 6) is 0. The molecule has 6 aliphatic rings. The van der Waals surface area contributed by atoms with E-state index in [1.54, 1.807) is 24.6 Å². The highest BCUT2D eigenvalue weighted by atomic mass is 35.5. The number of hydrogen-bond donors (Lipinski definition) is 4. The molecule has 3 aliphatic carbocycles. The molecule has 15 rings (SSSR count). The summed E-state index contributed by atoms with van der Waals surface area (Å²) in [4.78, 5) is 72.7. The van der Waals surface area contributed by atoms with Crippen molar-refractivity contribution in [1.82, 2.24) is 74.7 Å². The van der Waals surface area contributed by atoms with Gasteiger partial charge < -0.3 is 39.7 Å². The first-order valence-electron chi connectivity index (χ1n) is 36.6. The lowest BCUT2D eigenvalue weighted by atomic mass is 9.88. The van der Waals surface area contributed by atoms with Crippen LogP contribution in [0.5, 0.6) is 0 Å². The fourth-order valence-electron chi connectivity index (χ4n) is 15.5. The summed E-state index contributed by atoms with van der Waals surface area (Å²) >= 11 is 19.0. The Bertz CT molecular complexity index is 3980. The Kier molecular flexibility index (Phi) is 25.1. The molecule has 0 saturated carbocycles. The van der Waals surface area contributed by atoms with Crippen LogP contribution in [-0.2, 0) is 62.5 Å². The van der Waals surface area contributed by atoms with Crippen LogP contribution in [-0.4, -0.2) is 167 Å². The summed E-state index contributed by atoms with van der Waals surface area (Å²) in [6.07, 6.45) is 36.4. The van der Waals surface area contributed by atoms with Crippen LogP contribution in [0.25, 0.3) is 5.57 Å². The minimum absolute atomic E-state index is 0.0350. The number of carbonyl (C=O) groups excluding carboxylic acids is 2. The van der Waals surface area contributed by atoms with E-state index in [0.717, 1.165) is 173 Å². The molecular weight excluding hydrogens is 1330 g/mol. The number of halogens is 3. The number of rotatable bonds is 19. The Morgan fingerprint density at radius 3 is 1.51 bits per heavy atom. The first-order chi connectivity index (χ1) is 49.6. The average Bonchev–Trinajstić information content (AvgIpc) is 1.74. The van der Waals surface area contributed by atoms with Crippen LogP contribution in [0.15, 0.2) is 153 Å². The van der Waals surface area contributed by atoms with E-state index in [9.17, 15) is 9.59 Å². The van der Waals surface area contributed by atoms with Crippen LogP contribution in [0.2, 0.25) is 15.1 Å². The highest BCUT2D eigenvalue weighted by Gasteiger charge is 2.36. The minimum Gasteiger partial charge on any atom is -0.449 e. The third-order valence-electron chi connectivity index (χ3n) is 20.9. The number of aromatic nitrogens is 9. The SMILES string of the molecule is Clc1ccc2c(c1)CCc1cccnc1C2=C1CCN(CCCCCCc2cnc[nH]2)CC1.O=C(NCCCCc1cnc[nH]1)N1CCN(C2c3ccc(Cl)cc3CCc3cccnc32)CC1.O=C(OCCCCc1cnc[nH]1)N1CCN(C2c3ccc(Cl)cc3CCc3cccnc32)CC1. The van der Waals surface area contributed by atoms with Crippen LogP contribution in [0.4, 0.5) is 9.59 Å². The number of imidazole rings is 3. The molecule has 9 heterocycles. The molecule has 3 fully saturated rings. The van der Waals surface area contributed by atoms with Gasteiger partial charge in [-0.2, -0.15) is 0 Å². The molecule has 101 heavy (non-hydrogen) atoms. The molecule has 3 amide bonds. The number of H-pyrrole nitrogens is 3. The fourth-order valence-corrected chi connectivity index (χ4v) is 16.0. The summed E-state index contributed by atoms with van der Waals surface area (Å²) in [5.41, 5.74) is 21.7. The number of ether oxygens (including phenoxy) is 1. The zero-order valence-electron chi connectivity index (χ0n) is 57.9. The molecule has 9 aromatic rings. The van der Waals surface area contributed by atoms with Gasteiger partial charge >= 0.3 is 12.1 Å². The monoisotopic (exact) mass is 1420 g/mol. The first-order valence-corrected chi connectivity index (χ1v) is 37.7. The fraction of sp³-hybridized carbons (Fsp3) is 0.425. The molecule has 3 aliphatic heterocycles.